The summed E-state index contributed by atoms with van der Waals surface area (Å²) in [6.45, 7) is 3.91. The molecule has 106 valence electrons. The maximum atomic E-state index is 12.0. The average Bonchev–Trinajstić information content (AvgIpc) is 2.50. The number of hydrogen-bond acceptors (Lipinski definition) is 5. The zero-order chi connectivity index (χ0) is 15.1. The fourth-order valence-electron chi connectivity index (χ4n) is 1.48. The molecule has 1 aromatic carbocycles. The van der Waals surface area contributed by atoms with Gasteiger partial charge in [0.1, 0.15) is 0 Å². The van der Waals surface area contributed by atoms with Crippen LogP contribution in [0.25, 0.3) is 0 Å². The second kappa shape index (κ2) is 7.36. The highest BCUT2D eigenvalue weighted by Crippen LogP contribution is 2.14. The molecule has 0 radical (unpaired) electrons. The molecule has 0 fully saturated rings. The molecule has 1 rings (SSSR count). The molecular formula is C14H19N5O. The molecule has 1 aromatic rings. The van der Waals surface area contributed by atoms with E-state index in [0.717, 1.165) is 11.4 Å². The van der Waals surface area contributed by atoms with Gasteiger partial charge in [0.25, 0.3) is 5.91 Å². The van der Waals surface area contributed by atoms with Crippen LogP contribution in [-0.2, 0) is 4.79 Å². The van der Waals surface area contributed by atoms with Crippen molar-refractivity contribution in [1.82, 2.24) is 5.01 Å². The Bertz CT molecular complexity index is 517. The van der Waals surface area contributed by atoms with E-state index in [9.17, 15) is 4.79 Å². The molecule has 0 aliphatic heterocycles. The fourth-order valence-corrected chi connectivity index (χ4v) is 1.48. The summed E-state index contributed by atoms with van der Waals surface area (Å²) in [4.78, 5) is 12.0. The molecule has 6 nitrogen and oxygen atoms in total. The predicted octanol–water partition coefficient (Wildman–Crippen LogP) is 2.39. The molecule has 0 aromatic heterocycles. The van der Waals surface area contributed by atoms with Crippen LogP contribution < -0.4 is 5.73 Å². The van der Waals surface area contributed by atoms with Gasteiger partial charge in [0, 0.05) is 7.05 Å². The smallest absolute Gasteiger partial charge is 0.260 e. The predicted molar refractivity (Wildman–Crippen MR) is 75.9 cm³/mol. The van der Waals surface area contributed by atoms with Gasteiger partial charge in [-0.05, 0) is 30.2 Å². The molecule has 20 heavy (non-hydrogen) atoms. The standard InChI is InChI=1S/C14H19N5O/c1-4-10(2)13(16)14(20)19(3)18-17-12-7-5-11(9-15)6-8-12/h5-8,10,13H,4,16H2,1-3H3. The van der Waals surface area contributed by atoms with Crippen LogP contribution in [-0.4, -0.2) is 24.0 Å². The number of nitrogens with zero attached hydrogens (tertiary/aromatic N) is 4. The van der Waals surface area contributed by atoms with E-state index in [2.05, 4.69) is 10.3 Å². The number of amides is 1. The molecule has 2 atom stereocenters. The van der Waals surface area contributed by atoms with Crippen molar-refractivity contribution < 1.29 is 4.79 Å². The summed E-state index contributed by atoms with van der Waals surface area (Å²) >= 11 is 0. The topological polar surface area (TPSA) is 94.8 Å². The van der Waals surface area contributed by atoms with Crippen molar-refractivity contribution in [2.45, 2.75) is 26.3 Å². The van der Waals surface area contributed by atoms with E-state index < -0.39 is 6.04 Å². The molecule has 1 amide bonds. The molecule has 0 saturated heterocycles. The highest BCUT2D eigenvalue weighted by atomic mass is 16.2. The lowest BCUT2D eigenvalue weighted by molar-refractivity contribution is -0.132. The van der Waals surface area contributed by atoms with Gasteiger partial charge in [-0.2, -0.15) is 5.26 Å². The van der Waals surface area contributed by atoms with Crippen LogP contribution in [0.5, 0.6) is 0 Å². The van der Waals surface area contributed by atoms with Crippen molar-refractivity contribution in [3.63, 3.8) is 0 Å². The van der Waals surface area contributed by atoms with Crippen molar-refractivity contribution in [1.29, 1.82) is 5.26 Å². The van der Waals surface area contributed by atoms with Crippen LogP contribution in [0, 0.1) is 17.2 Å². The summed E-state index contributed by atoms with van der Waals surface area (Å²) in [6, 6.07) is 8.04. The molecule has 2 N–H and O–H groups in total. The average molecular weight is 273 g/mol. The van der Waals surface area contributed by atoms with Gasteiger partial charge in [-0.3, -0.25) is 4.79 Å². The number of carbonyl (C=O) groups is 1. The van der Waals surface area contributed by atoms with E-state index in [0.29, 0.717) is 11.3 Å². The van der Waals surface area contributed by atoms with Crippen LogP contribution in [0.2, 0.25) is 0 Å². The first-order valence-corrected chi connectivity index (χ1v) is 6.44. The molecule has 6 heteroatoms. The van der Waals surface area contributed by atoms with Crippen molar-refractivity contribution >= 4 is 11.6 Å². The van der Waals surface area contributed by atoms with Gasteiger partial charge in [0.05, 0.1) is 23.4 Å². The minimum atomic E-state index is -0.579. The van der Waals surface area contributed by atoms with E-state index in [1.54, 1.807) is 24.3 Å². The number of likely N-dealkylation sites (N-methyl/N-ethyl adjacent to an activating group) is 1. The minimum absolute atomic E-state index is 0.0927. The largest absolute Gasteiger partial charge is 0.320 e. The third kappa shape index (κ3) is 4.14. The van der Waals surface area contributed by atoms with Gasteiger partial charge >= 0.3 is 0 Å². The van der Waals surface area contributed by atoms with E-state index in [-0.39, 0.29) is 11.8 Å². The van der Waals surface area contributed by atoms with Crippen LogP contribution >= 0.6 is 0 Å². The molecule has 2 unspecified atom stereocenters. The highest BCUT2D eigenvalue weighted by Gasteiger charge is 2.22. The molecule has 0 aliphatic rings. The SMILES string of the molecule is CCC(C)C(N)C(=O)N(C)N=Nc1ccc(C#N)cc1. The third-order valence-electron chi connectivity index (χ3n) is 3.15. The molecular weight excluding hydrogens is 254 g/mol. The Balaban J connectivity index is 2.69. The molecule has 0 bridgehead atoms. The third-order valence-corrected chi connectivity index (χ3v) is 3.15. The number of carbonyl (C=O) groups excluding carboxylic acids is 1. The van der Waals surface area contributed by atoms with Crippen LogP contribution in [0.1, 0.15) is 25.8 Å². The zero-order valence-electron chi connectivity index (χ0n) is 11.9. The number of nitriles is 1. The number of rotatable bonds is 5. The Labute approximate surface area is 118 Å². The number of benzene rings is 1. The summed E-state index contributed by atoms with van der Waals surface area (Å²) in [6.07, 6.45) is 0.827. The second-order valence-electron chi connectivity index (χ2n) is 4.62. The first-order valence-electron chi connectivity index (χ1n) is 6.44. The lowest BCUT2D eigenvalue weighted by atomic mass is 9.99. The van der Waals surface area contributed by atoms with Crippen molar-refractivity contribution in [3.8, 4) is 6.07 Å². The van der Waals surface area contributed by atoms with Crippen LogP contribution in [0.4, 0.5) is 5.69 Å². The Hall–Kier alpha value is -2.26. The van der Waals surface area contributed by atoms with E-state index >= 15 is 0 Å². The van der Waals surface area contributed by atoms with Crippen molar-refractivity contribution in [2.24, 2.45) is 22.0 Å². The maximum absolute atomic E-state index is 12.0. The van der Waals surface area contributed by atoms with Crippen molar-refractivity contribution in [2.75, 3.05) is 7.05 Å². The van der Waals surface area contributed by atoms with Gasteiger partial charge < -0.3 is 5.73 Å². The van der Waals surface area contributed by atoms with Gasteiger partial charge in [0.2, 0.25) is 0 Å². The summed E-state index contributed by atoms with van der Waals surface area (Å²) in [5.74, 6) is -0.174. The Kier molecular flexibility index (Phi) is 5.81. The second-order valence-corrected chi connectivity index (χ2v) is 4.62. The lowest BCUT2D eigenvalue weighted by Crippen LogP contribution is -2.43. The highest BCUT2D eigenvalue weighted by molar-refractivity contribution is 5.81. The summed E-state index contributed by atoms with van der Waals surface area (Å²) in [5.41, 5.74) is 6.97. The quantitative estimate of drug-likeness (QED) is 0.659. The van der Waals surface area contributed by atoms with Crippen LogP contribution in [0.3, 0.4) is 0 Å². The van der Waals surface area contributed by atoms with Crippen molar-refractivity contribution in [3.05, 3.63) is 29.8 Å². The Morgan fingerprint density at radius 2 is 2.05 bits per heavy atom. The number of nitrogens with two attached hydrogens (primary N) is 1. The minimum Gasteiger partial charge on any atom is -0.320 e. The summed E-state index contributed by atoms with van der Waals surface area (Å²) in [7, 11) is 1.53. The molecule has 0 spiro atoms. The summed E-state index contributed by atoms with van der Waals surface area (Å²) in [5, 5.41) is 17.6. The van der Waals surface area contributed by atoms with Gasteiger partial charge in [0.15, 0.2) is 0 Å². The van der Waals surface area contributed by atoms with Crippen LogP contribution in [0.15, 0.2) is 34.6 Å². The van der Waals surface area contributed by atoms with E-state index in [4.69, 9.17) is 11.0 Å². The molecule has 0 saturated carbocycles. The Morgan fingerprint density at radius 3 is 2.55 bits per heavy atom. The van der Waals surface area contributed by atoms with E-state index in [1.165, 1.54) is 7.05 Å². The normalized spacial score (nSPS) is 13.8. The van der Waals surface area contributed by atoms with Gasteiger partial charge in [-0.15, -0.1) is 5.11 Å². The van der Waals surface area contributed by atoms with Gasteiger partial charge in [-0.25, -0.2) is 5.01 Å². The van der Waals surface area contributed by atoms with Gasteiger partial charge in [-0.1, -0.05) is 25.5 Å². The first-order chi connectivity index (χ1) is 9.49. The molecule has 0 heterocycles. The monoisotopic (exact) mass is 273 g/mol. The Morgan fingerprint density at radius 1 is 1.45 bits per heavy atom. The summed E-state index contributed by atoms with van der Waals surface area (Å²) < 4.78 is 0. The van der Waals surface area contributed by atoms with E-state index in [1.807, 2.05) is 19.9 Å². The fraction of sp³-hybridized carbons (Fsp3) is 0.429. The maximum Gasteiger partial charge on any atom is 0.260 e. The zero-order valence-corrected chi connectivity index (χ0v) is 11.9. The number of hydrogen-bond donors (Lipinski definition) is 1. The first kappa shape index (κ1) is 15.8. The molecule has 0 aliphatic carbocycles. The lowest BCUT2D eigenvalue weighted by Gasteiger charge is -2.20.